The third-order valence-corrected chi connectivity index (χ3v) is 5.17. The van der Waals surface area contributed by atoms with Gasteiger partial charge in [0.2, 0.25) is 0 Å². The van der Waals surface area contributed by atoms with Crippen LogP contribution in [0.1, 0.15) is 27.9 Å². The van der Waals surface area contributed by atoms with Crippen molar-refractivity contribution < 1.29 is 22.8 Å². The van der Waals surface area contributed by atoms with Crippen molar-refractivity contribution in [1.82, 2.24) is 0 Å². The first-order chi connectivity index (χ1) is 15.3. The minimum Gasteiger partial charge on any atom is -0.308 e. The van der Waals surface area contributed by atoms with E-state index >= 15 is 0 Å². The topological polar surface area (TPSA) is 61.4 Å². The van der Waals surface area contributed by atoms with Gasteiger partial charge in [-0.3, -0.25) is 4.79 Å². The zero-order valence-corrected chi connectivity index (χ0v) is 16.9. The summed E-state index contributed by atoms with van der Waals surface area (Å²) in [4.78, 5) is 26.9. The Bertz CT molecular complexity index is 1150. The van der Waals surface area contributed by atoms with Crippen LogP contribution in [0.4, 0.5) is 35.0 Å². The van der Waals surface area contributed by atoms with Crippen molar-refractivity contribution in [3.8, 4) is 0 Å². The normalized spacial score (nSPS) is 13.3. The number of nitrogens with zero attached hydrogens (tertiary/aromatic N) is 1. The van der Waals surface area contributed by atoms with Crippen LogP contribution in [0.2, 0.25) is 0 Å². The van der Waals surface area contributed by atoms with E-state index in [9.17, 15) is 22.8 Å². The van der Waals surface area contributed by atoms with Gasteiger partial charge in [0.05, 0.1) is 5.56 Å². The lowest BCUT2D eigenvalue weighted by Gasteiger charge is -2.30. The fourth-order valence-electron chi connectivity index (χ4n) is 3.69. The highest BCUT2D eigenvalue weighted by atomic mass is 19.4. The Labute approximate surface area is 182 Å². The summed E-state index contributed by atoms with van der Waals surface area (Å²) in [5.74, 6) is -0.0884. The molecule has 0 radical (unpaired) electrons. The summed E-state index contributed by atoms with van der Waals surface area (Å²) in [7, 11) is 0. The molecule has 0 saturated heterocycles. The smallest absolute Gasteiger partial charge is 0.308 e. The molecular formula is C24H20F3N3O2. The lowest BCUT2D eigenvalue weighted by Crippen LogP contribution is -2.35. The number of benzene rings is 3. The quantitative estimate of drug-likeness (QED) is 0.530. The maximum Gasteiger partial charge on any atom is 0.416 e. The van der Waals surface area contributed by atoms with Crippen LogP contribution < -0.4 is 15.5 Å². The molecule has 8 heteroatoms. The predicted molar refractivity (Wildman–Crippen MR) is 117 cm³/mol. The number of alkyl halides is 3. The number of halogens is 3. The largest absolute Gasteiger partial charge is 0.416 e. The van der Waals surface area contributed by atoms with Crippen molar-refractivity contribution in [3.05, 3.63) is 89.5 Å². The zero-order chi connectivity index (χ0) is 22.7. The number of carbonyl (C=O) groups is 2. The van der Waals surface area contributed by atoms with E-state index in [4.69, 9.17) is 0 Å². The molecule has 2 N–H and O–H groups in total. The van der Waals surface area contributed by atoms with Gasteiger partial charge in [0, 0.05) is 29.2 Å². The molecule has 0 spiro atoms. The van der Waals surface area contributed by atoms with E-state index < -0.39 is 17.8 Å². The Balaban J connectivity index is 1.47. The van der Waals surface area contributed by atoms with Crippen LogP contribution in [-0.4, -0.2) is 18.5 Å². The first-order valence-electron chi connectivity index (χ1n) is 10.1. The number of fused-ring (bicyclic) bond motifs is 1. The van der Waals surface area contributed by atoms with Gasteiger partial charge in [-0.2, -0.15) is 13.2 Å². The molecular weight excluding hydrogens is 419 g/mol. The Morgan fingerprint density at radius 3 is 2.28 bits per heavy atom. The van der Waals surface area contributed by atoms with E-state index in [1.807, 2.05) is 18.2 Å². The first kappa shape index (κ1) is 21.4. The van der Waals surface area contributed by atoms with Gasteiger partial charge in [-0.25, -0.2) is 4.79 Å². The standard InChI is InChI=1S/C24H20F3N3O2/c25-24(26,27)18-9-4-10-19(15-18)28-23(32)29-20-11-12-21-17(14-20)8-5-13-30(21)22(31)16-6-2-1-3-7-16/h1-4,6-7,9-12,14-15H,5,8,13H2,(H2,28,29,32). The summed E-state index contributed by atoms with van der Waals surface area (Å²) in [6.45, 7) is 0.601. The molecule has 1 heterocycles. The van der Waals surface area contributed by atoms with Gasteiger partial charge in [-0.05, 0) is 66.9 Å². The van der Waals surface area contributed by atoms with Gasteiger partial charge in [0.1, 0.15) is 0 Å². The van der Waals surface area contributed by atoms with E-state index in [-0.39, 0.29) is 11.6 Å². The van der Waals surface area contributed by atoms with Crippen molar-refractivity contribution in [3.63, 3.8) is 0 Å². The number of amides is 3. The highest BCUT2D eigenvalue weighted by Crippen LogP contribution is 2.32. The van der Waals surface area contributed by atoms with Gasteiger partial charge >= 0.3 is 12.2 Å². The molecule has 3 aromatic carbocycles. The average molecular weight is 439 g/mol. The molecule has 32 heavy (non-hydrogen) atoms. The SMILES string of the molecule is O=C(Nc1cccc(C(F)(F)F)c1)Nc1ccc2c(c1)CCCN2C(=O)c1ccccc1. The average Bonchev–Trinajstić information content (AvgIpc) is 2.78. The van der Waals surface area contributed by atoms with Crippen LogP contribution in [-0.2, 0) is 12.6 Å². The third-order valence-electron chi connectivity index (χ3n) is 5.17. The van der Waals surface area contributed by atoms with Crippen molar-refractivity contribution >= 4 is 29.0 Å². The molecule has 1 aliphatic rings. The molecule has 4 rings (SSSR count). The monoisotopic (exact) mass is 439 g/mol. The van der Waals surface area contributed by atoms with E-state index in [1.54, 1.807) is 35.2 Å². The minimum absolute atomic E-state index is 0.0370. The van der Waals surface area contributed by atoms with Gasteiger partial charge in [-0.15, -0.1) is 0 Å². The van der Waals surface area contributed by atoms with Gasteiger partial charge in [0.25, 0.3) is 5.91 Å². The van der Waals surface area contributed by atoms with Crippen molar-refractivity contribution in [2.45, 2.75) is 19.0 Å². The zero-order valence-electron chi connectivity index (χ0n) is 16.9. The molecule has 0 saturated carbocycles. The highest BCUT2D eigenvalue weighted by molar-refractivity contribution is 6.07. The Morgan fingerprint density at radius 2 is 1.56 bits per heavy atom. The maximum atomic E-state index is 12.9. The second kappa shape index (κ2) is 8.74. The molecule has 0 atom stereocenters. The molecule has 1 aliphatic heterocycles. The maximum absolute atomic E-state index is 12.9. The Kier molecular flexibility index (Phi) is 5.85. The number of aryl methyl sites for hydroxylation is 1. The predicted octanol–water partition coefficient (Wildman–Crippen LogP) is 5.94. The number of hydrogen-bond acceptors (Lipinski definition) is 2. The van der Waals surface area contributed by atoms with E-state index in [0.717, 1.165) is 36.2 Å². The fourth-order valence-corrected chi connectivity index (χ4v) is 3.69. The minimum atomic E-state index is -4.49. The third kappa shape index (κ3) is 4.74. The number of urea groups is 1. The van der Waals surface area contributed by atoms with Crippen LogP contribution >= 0.6 is 0 Å². The first-order valence-corrected chi connectivity index (χ1v) is 10.1. The number of anilines is 3. The lowest BCUT2D eigenvalue weighted by atomic mass is 10.00. The summed E-state index contributed by atoms with van der Waals surface area (Å²) >= 11 is 0. The van der Waals surface area contributed by atoms with Crippen LogP contribution in [0.15, 0.2) is 72.8 Å². The second-order valence-corrected chi connectivity index (χ2v) is 7.43. The molecule has 3 amide bonds. The van der Waals surface area contributed by atoms with Crippen LogP contribution in [0.3, 0.4) is 0 Å². The van der Waals surface area contributed by atoms with Crippen molar-refractivity contribution in [1.29, 1.82) is 0 Å². The summed E-state index contributed by atoms with van der Waals surface area (Å²) in [5.41, 5.74) is 1.98. The van der Waals surface area contributed by atoms with Crippen molar-refractivity contribution in [2.24, 2.45) is 0 Å². The highest BCUT2D eigenvalue weighted by Gasteiger charge is 2.30. The number of carbonyl (C=O) groups excluding carboxylic acids is 2. The molecule has 0 bridgehead atoms. The summed E-state index contributed by atoms with van der Waals surface area (Å²) in [6, 6.07) is 18.0. The Morgan fingerprint density at radius 1 is 0.844 bits per heavy atom. The fraction of sp³-hybridized carbons (Fsp3) is 0.167. The van der Waals surface area contributed by atoms with Gasteiger partial charge in [0.15, 0.2) is 0 Å². The summed E-state index contributed by atoms with van der Waals surface area (Å²) < 4.78 is 38.6. The number of nitrogens with one attached hydrogen (secondary N) is 2. The Hall–Kier alpha value is -3.81. The van der Waals surface area contributed by atoms with Gasteiger partial charge < -0.3 is 15.5 Å². The molecule has 0 aromatic heterocycles. The molecule has 0 fully saturated rings. The van der Waals surface area contributed by atoms with E-state index in [1.165, 1.54) is 12.1 Å². The number of hydrogen-bond donors (Lipinski definition) is 2. The van der Waals surface area contributed by atoms with Gasteiger partial charge in [-0.1, -0.05) is 24.3 Å². The molecule has 164 valence electrons. The molecule has 3 aromatic rings. The molecule has 0 unspecified atom stereocenters. The summed E-state index contributed by atoms with van der Waals surface area (Å²) in [5, 5.41) is 5.06. The van der Waals surface area contributed by atoms with E-state index in [0.29, 0.717) is 17.8 Å². The van der Waals surface area contributed by atoms with Crippen LogP contribution in [0.25, 0.3) is 0 Å². The number of rotatable bonds is 3. The van der Waals surface area contributed by atoms with Crippen LogP contribution in [0.5, 0.6) is 0 Å². The second-order valence-electron chi connectivity index (χ2n) is 7.43. The van der Waals surface area contributed by atoms with E-state index in [2.05, 4.69) is 10.6 Å². The van der Waals surface area contributed by atoms with Crippen molar-refractivity contribution in [2.75, 3.05) is 22.1 Å². The van der Waals surface area contributed by atoms with Crippen LogP contribution in [0, 0.1) is 0 Å². The lowest BCUT2D eigenvalue weighted by molar-refractivity contribution is -0.137. The molecule has 5 nitrogen and oxygen atoms in total. The molecule has 0 aliphatic carbocycles. The summed E-state index contributed by atoms with van der Waals surface area (Å²) in [6.07, 6.45) is -2.96.